The number of esters is 2. The van der Waals surface area contributed by atoms with E-state index in [-0.39, 0.29) is 19.0 Å². The van der Waals surface area contributed by atoms with Crippen molar-refractivity contribution in [2.75, 3.05) is 13.2 Å². The van der Waals surface area contributed by atoms with Crippen LogP contribution in [-0.4, -0.2) is 31.3 Å². The molecule has 0 fully saturated rings. The molecule has 5 nitrogen and oxygen atoms in total. The Kier molecular flexibility index (Phi) is 5.78. The van der Waals surface area contributed by atoms with Crippen molar-refractivity contribution in [3.05, 3.63) is 30.1 Å². The Labute approximate surface area is 110 Å². The maximum atomic E-state index is 12.7. The van der Waals surface area contributed by atoms with E-state index in [4.69, 9.17) is 14.2 Å². The minimum atomic E-state index is -1.51. The van der Waals surface area contributed by atoms with Gasteiger partial charge in [0.05, 0.1) is 13.2 Å². The average Bonchev–Trinajstić information content (AvgIpc) is 2.38. The number of ether oxygens (including phenoxy) is 3. The normalized spacial score (nSPS) is 10.1. The first-order valence-corrected chi connectivity index (χ1v) is 5.84. The third kappa shape index (κ3) is 4.57. The van der Waals surface area contributed by atoms with E-state index >= 15 is 0 Å². The topological polar surface area (TPSA) is 61.8 Å². The zero-order valence-corrected chi connectivity index (χ0v) is 10.7. The number of hydrogen-bond donors (Lipinski definition) is 0. The van der Waals surface area contributed by atoms with Gasteiger partial charge in [0.2, 0.25) is 0 Å². The molecule has 0 radical (unpaired) electrons. The van der Waals surface area contributed by atoms with Gasteiger partial charge in [-0.05, 0) is 38.1 Å². The van der Waals surface area contributed by atoms with Crippen LogP contribution in [0.2, 0.25) is 0 Å². The van der Waals surface area contributed by atoms with Gasteiger partial charge < -0.3 is 14.2 Å². The molecule has 0 heterocycles. The van der Waals surface area contributed by atoms with Crippen molar-refractivity contribution in [3.63, 3.8) is 0 Å². The Morgan fingerprint density at radius 1 is 1.05 bits per heavy atom. The van der Waals surface area contributed by atoms with E-state index < -0.39 is 23.9 Å². The number of benzene rings is 1. The van der Waals surface area contributed by atoms with Crippen LogP contribution in [0.4, 0.5) is 4.39 Å². The molecule has 0 unspecified atom stereocenters. The molecule has 0 spiro atoms. The minimum Gasteiger partial charge on any atom is -0.467 e. The Balaban J connectivity index is 2.81. The quantitative estimate of drug-likeness (QED) is 0.581. The zero-order chi connectivity index (χ0) is 14.3. The molecule has 0 saturated heterocycles. The molecule has 0 aliphatic heterocycles. The van der Waals surface area contributed by atoms with E-state index in [1.54, 1.807) is 13.8 Å². The van der Waals surface area contributed by atoms with Gasteiger partial charge in [-0.15, -0.1) is 0 Å². The first-order valence-electron chi connectivity index (χ1n) is 5.84. The van der Waals surface area contributed by atoms with Crippen LogP contribution < -0.4 is 4.74 Å². The highest BCUT2D eigenvalue weighted by molar-refractivity contribution is 5.98. The Hall–Kier alpha value is -2.11. The fourth-order valence-electron chi connectivity index (χ4n) is 1.28. The van der Waals surface area contributed by atoms with Gasteiger partial charge in [0.15, 0.2) is 0 Å². The summed E-state index contributed by atoms with van der Waals surface area (Å²) in [5.74, 6) is -1.96. The standard InChI is InChI=1S/C13H15FO5/c1-3-17-12(15)11(13(16)18-4-2)19-10-7-5-9(14)6-8-10/h5-8,11H,3-4H2,1-2H3. The van der Waals surface area contributed by atoms with Gasteiger partial charge in [0.1, 0.15) is 11.6 Å². The zero-order valence-electron chi connectivity index (χ0n) is 10.7. The molecule has 19 heavy (non-hydrogen) atoms. The van der Waals surface area contributed by atoms with E-state index in [0.29, 0.717) is 0 Å². The van der Waals surface area contributed by atoms with Crippen molar-refractivity contribution in [2.45, 2.75) is 20.0 Å². The van der Waals surface area contributed by atoms with Crippen molar-refractivity contribution in [1.29, 1.82) is 0 Å². The fourth-order valence-corrected chi connectivity index (χ4v) is 1.28. The molecule has 0 aliphatic carbocycles. The summed E-state index contributed by atoms with van der Waals surface area (Å²) in [7, 11) is 0. The number of rotatable bonds is 6. The van der Waals surface area contributed by atoms with Crippen LogP contribution >= 0.6 is 0 Å². The van der Waals surface area contributed by atoms with Crippen LogP contribution in [0.1, 0.15) is 13.8 Å². The molecule has 1 rings (SSSR count). The van der Waals surface area contributed by atoms with Gasteiger partial charge >= 0.3 is 11.9 Å². The maximum Gasteiger partial charge on any atom is 0.359 e. The molecule has 0 bridgehead atoms. The van der Waals surface area contributed by atoms with E-state index in [0.717, 1.165) is 12.1 Å². The van der Waals surface area contributed by atoms with Crippen LogP contribution in [0.15, 0.2) is 24.3 Å². The molecule has 0 saturated carbocycles. The summed E-state index contributed by atoms with van der Waals surface area (Å²) in [6.07, 6.45) is -1.51. The molecular weight excluding hydrogens is 255 g/mol. The molecule has 0 atom stereocenters. The van der Waals surface area contributed by atoms with Crippen molar-refractivity contribution in [3.8, 4) is 5.75 Å². The van der Waals surface area contributed by atoms with Crippen LogP contribution in [0.3, 0.4) is 0 Å². The van der Waals surface area contributed by atoms with E-state index in [9.17, 15) is 14.0 Å². The summed E-state index contributed by atoms with van der Waals surface area (Å²) in [5.41, 5.74) is 0. The Morgan fingerprint density at radius 3 is 1.95 bits per heavy atom. The van der Waals surface area contributed by atoms with E-state index in [1.165, 1.54) is 12.1 Å². The molecule has 0 N–H and O–H groups in total. The summed E-state index contributed by atoms with van der Waals surface area (Å²) in [4.78, 5) is 23.2. The van der Waals surface area contributed by atoms with E-state index in [2.05, 4.69) is 0 Å². The smallest absolute Gasteiger partial charge is 0.359 e. The molecule has 1 aromatic rings. The molecule has 0 amide bonds. The lowest BCUT2D eigenvalue weighted by Crippen LogP contribution is -2.38. The Morgan fingerprint density at radius 2 is 1.53 bits per heavy atom. The lowest BCUT2D eigenvalue weighted by atomic mass is 10.3. The predicted molar refractivity (Wildman–Crippen MR) is 64.1 cm³/mol. The Bertz CT molecular complexity index is 411. The van der Waals surface area contributed by atoms with Crippen molar-refractivity contribution in [2.24, 2.45) is 0 Å². The second-order valence-electron chi connectivity index (χ2n) is 3.46. The summed E-state index contributed by atoms with van der Waals surface area (Å²) >= 11 is 0. The van der Waals surface area contributed by atoms with Gasteiger partial charge in [-0.1, -0.05) is 0 Å². The number of hydrogen-bond acceptors (Lipinski definition) is 5. The second kappa shape index (κ2) is 7.35. The number of carbonyl (C=O) groups is 2. The average molecular weight is 270 g/mol. The van der Waals surface area contributed by atoms with Gasteiger partial charge in [-0.2, -0.15) is 0 Å². The van der Waals surface area contributed by atoms with Gasteiger partial charge in [0.25, 0.3) is 6.10 Å². The molecule has 104 valence electrons. The van der Waals surface area contributed by atoms with Crippen LogP contribution in [0.5, 0.6) is 5.75 Å². The maximum absolute atomic E-state index is 12.7. The molecule has 6 heteroatoms. The second-order valence-corrected chi connectivity index (χ2v) is 3.46. The predicted octanol–water partition coefficient (Wildman–Crippen LogP) is 1.70. The first-order chi connectivity index (χ1) is 9.08. The highest BCUT2D eigenvalue weighted by Crippen LogP contribution is 2.14. The SMILES string of the molecule is CCOC(=O)C(Oc1ccc(F)cc1)C(=O)OCC. The third-order valence-corrected chi connectivity index (χ3v) is 2.07. The first kappa shape index (κ1) is 14.9. The van der Waals surface area contributed by atoms with Crippen molar-refractivity contribution >= 4 is 11.9 Å². The van der Waals surface area contributed by atoms with Gasteiger partial charge in [-0.3, -0.25) is 0 Å². The van der Waals surface area contributed by atoms with Gasteiger partial charge in [-0.25, -0.2) is 14.0 Å². The number of carbonyl (C=O) groups excluding carboxylic acids is 2. The van der Waals surface area contributed by atoms with Crippen LogP contribution in [0.25, 0.3) is 0 Å². The monoisotopic (exact) mass is 270 g/mol. The van der Waals surface area contributed by atoms with E-state index in [1.807, 2.05) is 0 Å². The van der Waals surface area contributed by atoms with Crippen molar-refractivity contribution < 1.29 is 28.2 Å². The lowest BCUT2D eigenvalue weighted by molar-refractivity contribution is -0.166. The molecule has 0 aliphatic rings. The van der Waals surface area contributed by atoms with Crippen LogP contribution in [-0.2, 0) is 19.1 Å². The summed E-state index contributed by atoms with van der Waals surface area (Å²) in [6.45, 7) is 3.44. The summed E-state index contributed by atoms with van der Waals surface area (Å²) in [5, 5.41) is 0. The van der Waals surface area contributed by atoms with Gasteiger partial charge in [0, 0.05) is 0 Å². The molecule has 1 aromatic carbocycles. The van der Waals surface area contributed by atoms with Crippen LogP contribution in [0, 0.1) is 5.82 Å². The highest BCUT2D eigenvalue weighted by atomic mass is 19.1. The number of halogens is 1. The lowest BCUT2D eigenvalue weighted by Gasteiger charge is -2.16. The highest BCUT2D eigenvalue weighted by Gasteiger charge is 2.31. The summed E-state index contributed by atoms with van der Waals surface area (Å²) in [6, 6.07) is 4.92. The largest absolute Gasteiger partial charge is 0.467 e. The minimum absolute atomic E-state index is 0.113. The fraction of sp³-hybridized carbons (Fsp3) is 0.385. The third-order valence-electron chi connectivity index (χ3n) is 2.07. The molecular formula is C13H15FO5. The summed E-state index contributed by atoms with van der Waals surface area (Å²) < 4.78 is 27.4. The molecule has 0 aromatic heterocycles. The van der Waals surface area contributed by atoms with Crippen molar-refractivity contribution in [1.82, 2.24) is 0 Å².